The molecule has 2 amide bonds. The summed E-state index contributed by atoms with van der Waals surface area (Å²) in [5, 5.41) is 8.78. The van der Waals surface area contributed by atoms with Crippen LogP contribution in [0, 0.1) is 0 Å². The molecule has 0 spiro atoms. The standard InChI is InChI=1S/C17H16N2O5/c1-23-13-4-2-3-11(7-13)9-19-14-8-12(17(21)18-22)5-6-15(14)24-10-16(19)20/h2-8,22H,9-10H2,1H3,(H,18,21). The van der Waals surface area contributed by atoms with Crippen LogP contribution in [0.25, 0.3) is 0 Å². The van der Waals surface area contributed by atoms with Gasteiger partial charge in [-0.1, -0.05) is 12.1 Å². The van der Waals surface area contributed by atoms with Crippen LogP contribution < -0.4 is 19.9 Å². The van der Waals surface area contributed by atoms with Gasteiger partial charge < -0.3 is 14.4 Å². The molecule has 124 valence electrons. The Labute approximate surface area is 138 Å². The molecule has 0 saturated carbocycles. The number of amides is 2. The molecule has 0 fully saturated rings. The van der Waals surface area contributed by atoms with E-state index in [9.17, 15) is 9.59 Å². The highest BCUT2D eigenvalue weighted by atomic mass is 16.5. The van der Waals surface area contributed by atoms with Gasteiger partial charge >= 0.3 is 0 Å². The van der Waals surface area contributed by atoms with Gasteiger partial charge in [-0.3, -0.25) is 14.8 Å². The molecule has 2 N–H and O–H groups in total. The maximum atomic E-state index is 12.3. The van der Waals surface area contributed by atoms with E-state index in [1.807, 2.05) is 24.3 Å². The monoisotopic (exact) mass is 328 g/mol. The highest BCUT2D eigenvalue weighted by Crippen LogP contribution is 2.34. The van der Waals surface area contributed by atoms with Gasteiger partial charge in [-0.05, 0) is 35.9 Å². The summed E-state index contributed by atoms with van der Waals surface area (Å²) in [6.07, 6.45) is 0. The smallest absolute Gasteiger partial charge is 0.274 e. The summed E-state index contributed by atoms with van der Waals surface area (Å²) >= 11 is 0. The number of hydrogen-bond acceptors (Lipinski definition) is 5. The molecule has 1 aliphatic rings. The van der Waals surface area contributed by atoms with Gasteiger partial charge in [0.1, 0.15) is 11.5 Å². The molecule has 1 aliphatic heterocycles. The van der Waals surface area contributed by atoms with Crippen LogP contribution in [0.4, 0.5) is 5.69 Å². The first-order chi connectivity index (χ1) is 11.6. The number of hydrogen-bond donors (Lipinski definition) is 2. The van der Waals surface area contributed by atoms with Crippen LogP contribution in [0.1, 0.15) is 15.9 Å². The van der Waals surface area contributed by atoms with E-state index in [2.05, 4.69) is 0 Å². The Hall–Kier alpha value is -3.06. The van der Waals surface area contributed by atoms with E-state index in [0.717, 1.165) is 5.56 Å². The Morgan fingerprint density at radius 1 is 1.33 bits per heavy atom. The molecule has 24 heavy (non-hydrogen) atoms. The number of fused-ring (bicyclic) bond motifs is 1. The molecular weight excluding hydrogens is 312 g/mol. The molecule has 0 unspecified atom stereocenters. The van der Waals surface area contributed by atoms with Gasteiger partial charge in [-0.15, -0.1) is 0 Å². The van der Waals surface area contributed by atoms with E-state index in [0.29, 0.717) is 23.7 Å². The highest BCUT2D eigenvalue weighted by Gasteiger charge is 2.26. The zero-order chi connectivity index (χ0) is 17.1. The van der Waals surface area contributed by atoms with E-state index in [1.54, 1.807) is 23.6 Å². The van der Waals surface area contributed by atoms with Crippen molar-refractivity contribution in [2.45, 2.75) is 6.54 Å². The van der Waals surface area contributed by atoms with E-state index >= 15 is 0 Å². The summed E-state index contributed by atoms with van der Waals surface area (Å²) < 4.78 is 10.6. The molecule has 0 bridgehead atoms. The Morgan fingerprint density at radius 2 is 2.17 bits per heavy atom. The normalized spacial score (nSPS) is 13.1. The SMILES string of the molecule is COc1cccc(CN2C(=O)COc3ccc(C(=O)NO)cc32)c1. The number of anilines is 1. The van der Waals surface area contributed by atoms with Crippen LogP contribution in [-0.2, 0) is 11.3 Å². The molecular formula is C17H16N2O5. The minimum absolute atomic E-state index is 0.0670. The Kier molecular flexibility index (Phi) is 4.35. The lowest BCUT2D eigenvalue weighted by Gasteiger charge is -2.29. The predicted octanol–water partition coefficient (Wildman–Crippen LogP) is 1.74. The van der Waals surface area contributed by atoms with Crippen molar-refractivity contribution in [1.82, 2.24) is 5.48 Å². The van der Waals surface area contributed by atoms with E-state index in [1.165, 1.54) is 12.1 Å². The first-order valence-corrected chi connectivity index (χ1v) is 7.27. The average Bonchev–Trinajstić information content (AvgIpc) is 2.63. The number of nitrogens with zero attached hydrogens (tertiary/aromatic N) is 1. The fourth-order valence-corrected chi connectivity index (χ4v) is 2.53. The van der Waals surface area contributed by atoms with Crippen molar-refractivity contribution in [2.75, 3.05) is 18.6 Å². The van der Waals surface area contributed by atoms with Gasteiger partial charge in [-0.25, -0.2) is 5.48 Å². The summed E-state index contributed by atoms with van der Waals surface area (Å²) in [5.74, 6) is 0.331. The lowest BCUT2D eigenvalue weighted by molar-refractivity contribution is -0.121. The Morgan fingerprint density at radius 3 is 2.92 bits per heavy atom. The molecule has 2 aromatic carbocycles. The van der Waals surface area contributed by atoms with Crippen molar-refractivity contribution >= 4 is 17.5 Å². The van der Waals surface area contributed by atoms with E-state index in [4.69, 9.17) is 14.7 Å². The molecule has 0 atom stereocenters. The van der Waals surface area contributed by atoms with Crippen LogP contribution in [0.15, 0.2) is 42.5 Å². The van der Waals surface area contributed by atoms with E-state index < -0.39 is 5.91 Å². The minimum Gasteiger partial charge on any atom is -0.497 e. The van der Waals surface area contributed by atoms with Crippen molar-refractivity contribution in [3.8, 4) is 11.5 Å². The molecule has 7 heteroatoms. The topological polar surface area (TPSA) is 88.1 Å². The number of carbonyl (C=O) groups excluding carboxylic acids is 2. The van der Waals surface area contributed by atoms with Gasteiger partial charge in [0, 0.05) is 5.56 Å². The van der Waals surface area contributed by atoms with Crippen LogP contribution >= 0.6 is 0 Å². The largest absolute Gasteiger partial charge is 0.497 e. The van der Waals surface area contributed by atoms with Gasteiger partial charge in [0.25, 0.3) is 11.8 Å². The van der Waals surface area contributed by atoms with Crippen molar-refractivity contribution in [2.24, 2.45) is 0 Å². The van der Waals surface area contributed by atoms with Crippen LogP contribution in [0.2, 0.25) is 0 Å². The number of rotatable bonds is 4. The molecule has 0 aliphatic carbocycles. The highest BCUT2D eigenvalue weighted by molar-refractivity contribution is 6.01. The second-order valence-corrected chi connectivity index (χ2v) is 5.24. The van der Waals surface area contributed by atoms with Crippen molar-refractivity contribution < 1.29 is 24.3 Å². The number of nitrogens with one attached hydrogen (secondary N) is 1. The zero-order valence-corrected chi connectivity index (χ0v) is 13.0. The van der Waals surface area contributed by atoms with Crippen LogP contribution in [0.5, 0.6) is 11.5 Å². The van der Waals surface area contributed by atoms with Gasteiger partial charge in [0.05, 0.1) is 19.3 Å². The number of carbonyl (C=O) groups is 2. The quantitative estimate of drug-likeness (QED) is 0.659. The number of ether oxygens (including phenoxy) is 2. The molecule has 0 aromatic heterocycles. The molecule has 1 heterocycles. The first kappa shape index (κ1) is 15.8. The Bertz CT molecular complexity index is 790. The fourth-order valence-electron chi connectivity index (χ4n) is 2.53. The molecule has 3 rings (SSSR count). The predicted molar refractivity (Wildman–Crippen MR) is 85.4 cm³/mol. The third-order valence-electron chi connectivity index (χ3n) is 3.74. The molecule has 0 radical (unpaired) electrons. The Balaban J connectivity index is 1.96. The average molecular weight is 328 g/mol. The van der Waals surface area contributed by atoms with Gasteiger partial charge in [-0.2, -0.15) is 0 Å². The lowest BCUT2D eigenvalue weighted by atomic mass is 10.1. The van der Waals surface area contributed by atoms with Gasteiger partial charge in [0.15, 0.2) is 6.61 Å². The zero-order valence-electron chi connectivity index (χ0n) is 13.0. The van der Waals surface area contributed by atoms with Crippen LogP contribution in [-0.4, -0.2) is 30.7 Å². The lowest BCUT2D eigenvalue weighted by Crippen LogP contribution is -2.38. The molecule has 2 aromatic rings. The first-order valence-electron chi connectivity index (χ1n) is 7.27. The maximum absolute atomic E-state index is 12.3. The number of hydroxylamine groups is 1. The van der Waals surface area contributed by atoms with Crippen LogP contribution in [0.3, 0.4) is 0 Å². The maximum Gasteiger partial charge on any atom is 0.274 e. The van der Waals surface area contributed by atoms with Crippen molar-refractivity contribution in [3.05, 3.63) is 53.6 Å². The third kappa shape index (κ3) is 3.02. The molecule has 7 nitrogen and oxygen atoms in total. The summed E-state index contributed by atoms with van der Waals surface area (Å²) in [7, 11) is 1.58. The van der Waals surface area contributed by atoms with Gasteiger partial charge in [0.2, 0.25) is 0 Å². The number of methoxy groups -OCH3 is 1. The van der Waals surface area contributed by atoms with E-state index in [-0.39, 0.29) is 18.1 Å². The number of benzene rings is 2. The fraction of sp³-hybridized carbons (Fsp3) is 0.176. The summed E-state index contributed by atoms with van der Waals surface area (Å²) in [6, 6.07) is 12.0. The third-order valence-corrected chi connectivity index (χ3v) is 3.74. The minimum atomic E-state index is -0.655. The summed E-state index contributed by atoms with van der Waals surface area (Å²) in [6.45, 7) is 0.249. The van der Waals surface area contributed by atoms with Crippen molar-refractivity contribution in [1.29, 1.82) is 0 Å². The second-order valence-electron chi connectivity index (χ2n) is 5.24. The molecule has 0 saturated heterocycles. The summed E-state index contributed by atoms with van der Waals surface area (Å²) in [5.41, 5.74) is 3.17. The van der Waals surface area contributed by atoms with Crippen molar-refractivity contribution in [3.63, 3.8) is 0 Å². The second kappa shape index (κ2) is 6.59. The summed E-state index contributed by atoms with van der Waals surface area (Å²) in [4.78, 5) is 25.4.